The van der Waals surface area contributed by atoms with Crippen LogP contribution in [0.15, 0.2) is 36.4 Å². The molecule has 0 bridgehead atoms. The Morgan fingerprint density at radius 1 is 1.07 bits per heavy atom. The Morgan fingerprint density at radius 3 is 2.57 bits per heavy atom. The number of benzene rings is 1. The van der Waals surface area contributed by atoms with Crippen LogP contribution >= 0.6 is 11.3 Å². The number of fused-ring (bicyclic) bond motifs is 1. The van der Waals surface area contributed by atoms with E-state index in [4.69, 9.17) is 10.7 Å². The van der Waals surface area contributed by atoms with E-state index in [9.17, 15) is 0 Å². The van der Waals surface area contributed by atoms with Crippen LogP contribution in [0.4, 0.5) is 11.4 Å². The number of nitrogens with one attached hydrogen (secondary N) is 1. The minimum absolute atomic E-state index is 0.269. The summed E-state index contributed by atoms with van der Waals surface area (Å²) >= 11 is 1.83. The molecule has 5 nitrogen and oxygen atoms in total. The van der Waals surface area contributed by atoms with Gasteiger partial charge in [-0.3, -0.25) is 0 Å². The van der Waals surface area contributed by atoms with Gasteiger partial charge in [0.2, 0.25) is 0 Å². The molecular formula is C22H27N5S. The van der Waals surface area contributed by atoms with E-state index in [0.29, 0.717) is 0 Å². The van der Waals surface area contributed by atoms with E-state index < -0.39 is 0 Å². The van der Waals surface area contributed by atoms with Crippen molar-refractivity contribution in [2.45, 2.75) is 19.4 Å². The molecule has 0 amide bonds. The van der Waals surface area contributed by atoms with Crippen molar-refractivity contribution in [3.8, 4) is 11.3 Å². The van der Waals surface area contributed by atoms with Gasteiger partial charge < -0.3 is 20.9 Å². The van der Waals surface area contributed by atoms with E-state index in [-0.39, 0.29) is 6.04 Å². The number of aromatic nitrogens is 1. The van der Waals surface area contributed by atoms with Crippen LogP contribution < -0.4 is 20.9 Å². The molecule has 3 N–H and O–H groups in total. The average Bonchev–Trinajstić information content (AvgIpc) is 3.32. The van der Waals surface area contributed by atoms with Gasteiger partial charge in [-0.2, -0.15) is 0 Å². The summed E-state index contributed by atoms with van der Waals surface area (Å²) in [6.45, 7) is 8.36. The summed E-state index contributed by atoms with van der Waals surface area (Å²) in [6.07, 6.45) is 1.06. The van der Waals surface area contributed by atoms with E-state index in [1.165, 1.54) is 26.5 Å². The molecule has 2 aliphatic heterocycles. The number of pyridine rings is 1. The van der Waals surface area contributed by atoms with Crippen LogP contribution in [0.1, 0.15) is 11.3 Å². The van der Waals surface area contributed by atoms with Crippen molar-refractivity contribution in [2.75, 3.05) is 49.1 Å². The molecule has 2 aliphatic rings. The highest BCUT2D eigenvalue weighted by Gasteiger charge is 2.23. The van der Waals surface area contributed by atoms with Gasteiger partial charge in [0.15, 0.2) is 0 Å². The molecule has 6 heteroatoms. The molecule has 146 valence electrons. The third-order valence-corrected chi connectivity index (χ3v) is 6.86. The lowest BCUT2D eigenvalue weighted by Crippen LogP contribution is -2.43. The van der Waals surface area contributed by atoms with Gasteiger partial charge in [-0.1, -0.05) is 12.1 Å². The number of anilines is 2. The Labute approximate surface area is 170 Å². The van der Waals surface area contributed by atoms with Gasteiger partial charge in [-0.05, 0) is 37.6 Å². The number of nitrogens with two attached hydrogens (primary N) is 1. The zero-order valence-corrected chi connectivity index (χ0v) is 17.1. The van der Waals surface area contributed by atoms with Crippen LogP contribution in [0.25, 0.3) is 21.5 Å². The summed E-state index contributed by atoms with van der Waals surface area (Å²) in [5.41, 5.74) is 12.1. The molecule has 5 rings (SSSR count). The number of nitrogens with zero attached hydrogens (tertiary/aromatic N) is 3. The predicted molar refractivity (Wildman–Crippen MR) is 120 cm³/mol. The highest BCUT2D eigenvalue weighted by Crippen LogP contribution is 2.37. The maximum atomic E-state index is 6.19. The second-order valence-corrected chi connectivity index (χ2v) is 9.13. The quantitative estimate of drug-likeness (QED) is 0.716. The molecule has 2 fully saturated rings. The number of piperazine rings is 1. The fourth-order valence-corrected chi connectivity index (χ4v) is 5.27. The largest absolute Gasteiger partial charge is 0.369 e. The standard InChI is InChI=1S/C22H27N5S/c1-15-12-20-22(28-15)21(27-9-6-17(23)14-27)13-19(25-20)16-2-4-18(5-3-16)26-10-7-24-8-11-26/h2-5,12-13,17,24H,6-11,14,23H2,1H3. The fraction of sp³-hybridized carbons (Fsp3) is 0.409. The summed E-state index contributed by atoms with van der Waals surface area (Å²) in [4.78, 5) is 11.2. The highest BCUT2D eigenvalue weighted by atomic mass is 32.1. The number of aryl methyl sites for hydroxylation is 1. The minimum atomic E-state index is 0.269. The predicted octanol–water partition coefficient (Wildman–Crippen LogP) is 3.22. The first-order valence-corrected chi connectivity index (χ1v) is 11.0. The number of rotatable bonds is 3. The van der Waals surface area contributed by atoms with Crippen LogP contribution in [0, 0.1) is 6.92 Å². The Hall–Kier alpha value is -2.15. The summed E-state index contributed by atoms with van der Waals surface area (Å²) in [5, 5.41) is 3.41. The van der Waals surface area contributed by atoms with Gasteiger partial charge in [0.25, 0.3) is 0 Å². The van der Waals surface area contributed by atoms with Crippen molar-refractivity contribution >= 4 is 32.9 Å². The van der Waals surface area contributed by atoms with E-state index in [0.717, 1.165) is 56.9 Å². The minimum Gasteiger partial charge on any atom is -0.369 e. The summed E-state index contributed by atoms with van der Waals surface area (Å²) in [6, 6.07) is 13.6. The first-order chi connectivity index (χ1) is 13.7. The molecule has 1 aromatic carbocycles. The average molecular weight is 394 g/mol. The smallest absolute Gasteiger partial charge is 0.0841 e. The molecule has 2 aromatic heterocycles. The molecule has 1 unspecified atom stereocenters. The molecule has 4 heterocycles. The molecule has 3 aromatic rings. The van der Waals surface area contributed by atoms with E-state index >= 15 is 0 Å². The van der Waals surface area contributed by atoms with Gasteiger partial charge >= 0.3 is 0 Å². The van der Waals surface area contributed by atoms with Gasteiger partial charge in [0.05, 0.1) is 21.6 Å². The van der Waals surface area contributed by atoms with E-state index in [1.54, 1.807) is 0 Å². The van der Waals surface area contributed by atoms with Crippen LogP contribution in [-0.2, 0) is 0 Å². The van der Waals surface area contributed by atoms with E-state index in [1.807, 2.05) is 11.3 Å². The van der Waals surface area contributed by atoms with Gasteiger partial charge in [-0.25, -0.2) is 4.98 Å². The summed E-state index contributed by atoms with van der Waals surface area (Å²) < 4.78 is 1.28. The van der Waals surface area contributed by atoms with Crippen LogP contribution in [0.5, 0.6) is 0 Å². The maximum absolute atomic E-state index is 6.19. The Bertz CT molecular complexity index is 975. The monoisotopic (exact) mass is 393 g/mol. The maximum Gasteiger partial charge on any atom is 0.0841 e. The lowest BCUT2D eigenvalue weighted by Gasteiger charge is -2.29. The van der Waals surface area contributed by atoms with Crippen LogP contribution in [0.2, 0.25) is 0 Å². The number of hydrogen-bond acceptors (Lipinski definition) is 6. The van der Waals surface area contributed by atoms with E-state index in [2.05, 4.69) is 58.4 Å². The molecule has 0 radical (unpaired) electrons. The molecule has 28 heavy (non-hydrogen) atoms. The first-order valence-electron chi connectivity index (χ1n) is 10.2. The normalized spacial score (nSPS) is 20.3. The molecular weight excluding hydrogens is 366 g/mol. The third kappa shape index (κ3) is 3.36. The number of thiophene rings is 1. The van der Waals surface area contributed by atoms with Crippen LogP contribution in [0.3, 0.4) is 0 Å². The Morgan fingerprint density at radius 2 is 1.86 bits per heavy atom. The van der Waals surface area contributed by atoms with Gasteiger partial charge in [-0.15, -0.1) is 11.3 Å². The zero-order chi connectivity index (χ0) is 19.1. The second-order valence-electron chi connectivity index (χ2n) is 7.88. The second kappa shape index (κ2) is 7.35. The molecule has 0 aliphatic carbocycles. The van der Waals surface area contributed by atoms with Crippen molar-refractivity contribution in [1.29, 1.82) is 0 Å². The molecule has 0 saturated carbocycles. The lowest BCUT2D eigenvalue weighted by molar-refractivity contribution is 0.589. The Kier molecular flexibility index (Phi) is 4.70. The van der Waals surface area contributed by atoms with Crippen molar-refractivity contribution in [1.82, 2.24) is 10.3 Å². The Balaban J connectivity index is 1.51. The third-order valence-electron chi connectivity index (χ3n) is 5.79. The SMILES string of the molecule is Cc1cc2nc(-c3ccc(N4CCNCC4)cc3)cc(N3CCC(N)C3)c2s1. The lowest BCUT2D eigenvalue weighted by atomic mass is 10.1. The van der Waals surface area contributed by atoms with Crippen LogP contribution in [-0.4, -0.2) is 50.3 Å². The molecule has 2 saturated heterocycles. The zero-order valence-electron chi connectivity index (χ0n) is 16.3. The first kappa shape index (κ1) is 17.9. The van der Waals surface area contributed by atoms with Crippen molar-refractivity contribution in [2.24, 2.45) is 5.73 Å². The van der Waals surface area contributed by atoms with Gasteiger partial charge in [0, 0.05) is 61.4 Å². The summed E-state index contributed by atoms with van der Waals surface area (Å²) in [5.74, 6) is 0. The van der Waals surface area contributed by atoms with Crippen molar-refractivity contribution in [3.05, 3.63) is 41.3 Å². The van der Waals surface area contributed by atoms with Gasteiger partial charge in [0.1, 0.15) is 0 Å². The van der Waals surface area contributed by atoms with Crippen molar-refractivity contribution in [3.63, 3.8) is 0 Å². The topological polar surface area (TPSA) is 57.4 Å². The molecule has 0 spiro atoms. The fourth-order valence-electron chi connectivity index (χ4n) is 4.28. The number of hydrogen-bond donors (Lipinski definition) is 2. The highest BCUT2D eigenvalue weighted by molar-refractivity contribution is 7.19. The molecule has 1 atom stereocenters. The summed E-state index contributed by atoms with van der Waals surface area (Å²) in [7, 11) is 0. The van der Waals surface area contributed by atoms with Crippen molar-refractivity contribution < 1.29 is 0 Å².